The van der Waals surface area contributed by atoms with Gasteiger partial charge in [0.25, 0.3) is 0 Å². The van der Waals surface area contributed by atoms with Crippen molar-refractivity contribution in [1.82, 2.24) is 24.4 Å². The molecule has 1 saturated heterocycles. The first-order chi connectivity index (χ1) is 12.8. The summed E-state index contributed by atoms with van der Waals surface area (Å²) in [5.74, 6) is 3.20. The topological polar surface area (TPSA) is 56.1 Å². The van der Waals surface area contributed by atoms with Gasteiger partial charge in [0.2, 0.25) is 5.88 Å². The highest BCUT2D eigenvalue weighted by Gasteiger charge is 2.46. The van der Waals surface area contributed by atoms with E-state index in [-0.39, 0.29) is 6.10 Å². The Bertz CT molecular complexity index is 744. The Morgan fingerprint density at radius 1 is 1.04 bits per heavy atom. The Morgan fingerprint density at radius 2 is 1.88 bits per heavy atom. The first-order valence-corrected chi connectivity index (χ1v) is 9.94. The van der Waals surface area contributed by atoms with E-state index in [1.165, 1.54) is 32.4 Å². The molecule has 1 aliphatic heterocycles. The highest BCUT2D eigenvalue weighted by Crippen LogP contribution is 2.44. The quantitative estimate of drug-likeness (QED) is 0.846. The summed E-state index contributed by atoms with van der Waals surface area (Å²) in [7, 11) is 0. The van der Waals surface area contributed by atoms with Gasteiger partial charge in [0.15, 0.2) is 0 Å². The van der Waals surface area contributed by atoms with E-state index in [4.69, 9.17) is 4.74 Å². The Kier molecular flexibility index (Phi) is 4.15. The number of hydrogen-bond acceptors (Lipinski definition) is 5. The third kappa shape index (κ3) is 2.90. The van der Waals surface area contributed by atoms with Crippen molar-refractivity contribution in [3.63, 3.8) is 0 Å². The summed E-state index contributed by atoms with van der Waals surface area (Å²) in [6.07, 6.45) is 15.7. The normalized spacial score (nSPS) is 32.2. The lowest BCUT2D eigenvalue weighted by atomic mass is 9.77. The minimum Gasteiger partial charge on any atom is -0.471 e. The lowest BCUT2D eigenvalue weighted by molar-refractivity contribution is 0.0501. The standard InChI is InChI=1S/C20H27N5O/c1-14-22-7-8-25(14)18-9-15-12-24(17-3-2-4-17)13-16(15)10-19(18)26-20-11-21-5-6-23-20/h5-8,11,15-19H,2-4,9-10,12-13H2,1H3/t15-,16+,18-,19-/m0/s1. The molecule has 6 heteroatoms. The number of aryl methyl sites for hydroxylation is 1. The number of hydrogen-bond donors (Lipinski definition) is 0. The first kappa shape index (κ1) is 16.2. The third-order valence-electron chi connectivity index (χ3n) is 6.74. The minimum atomic E-state index is 0.127. The van der Waals surface area contributed by atoms with Gasteiger partial charge >= 0.3 is 0 Å². The third-order valence-corrected chi connectivity index (χ3v) is 6.74. The Morgan fingerprint density at radius 3 is 2.54 bits per heavy atom. The molecule has 4 atom stereocenters. The minimum absolute atomic E-state index is 0.127. The molecule has 0 amide bonds. The fourth-order valence-electron chi connectivity index (χ4n) is 5.14. The molecule has 6 nitrogen and oxygen atoms in total. The van der Waals surface area contributed by atoms with Crippen LogP contribution >= 0.6 is 0 Å². The molecule has 3 aliphatic rings. The van der Waals surface area contributed by atoms with Crippen LogP contribution in [0.1, 0.15) is 44.0 Å². The van der Waals surface area contributed by atoms with Gasteiger partial charge in [-0.3, -0.25) is 9.88 Å². The molecule has 3 fully saturated rings. The van der Waals surface area contributed by atoms with Gasteiger partial charge in [0.05, 0.1) is 12.2 Å². The first-order valence-electron chi connectivity index (χ1n) is 9.94. The molecule has 0 N–H and O–H groups in total. The summed E-state index contributed by atoms with van der Waals surface area (Å²) in [6.45, 7) is 4.59. The maximum Gasteiger partial charge on any atom is 0.232 e. The van der Waals surface area contributed by atoms with Crippen molar-refractivity contribution in [3.8, 4) is 5.88 Å². The highest BCUT2D eigenvalue weighted by molar-refractivity contribution is 5.07. The molecule has 2 aromatic heterocycles. The van der Waals surface area contributed by atoms with E-state index in [0.717, 1.165) is 36.5 Å². The second-order valence-corrected chi connectivity index (χ2v) is 8.18. The smallest absolute Gasteiger partial charge is 0.232 e. The van der Waals surface area contributed by atoms with Crippen LogP contribution in [0.2, 0.25) is 0 Å². The molecule has 138 valence electrons. The summed E-state index contributed by atoms with van der Waals surface area (Å²) < 4.78 is 8.66. The van der Waals surface area contributed by atoms with E-state index in [1.54, 1.807) is 18.6 Å². The van der Waals surface area contributed by atoms with Crippen LogP contribution in [0.15, 0.2) is 31.0 Å². The summed E-state index contributed by atoms with van der Waals surface area (Å²) in [4.78, 5) is 15.7. The summed E-state index contributed by atoms with van der Waals surface area (Å²) in [5.41, 5.74) is 0. The van der Waals surface area contributed by atoms with Crippen LogP contribution < -0.4 is 4.74 Å². The van der Waals surface area contributed by atoms with Crippen LogP contribution in [0, 0.1) is 18.8 Å². The van der Waals surface area contributed by atoms with Crippen LogP contribution in [-0.2, 0) is 0 Å². The summed E-state index contributed by atoms with van der Waals surface area (Å²) in [5, 5.41) is 0. The van der Waals surface area contributed by atoms with Gasteiger partial charge in [-0.1, -0.05) is 6.42 Å². The molecule has 0 unspecified atom stereocenters. The summed E-state index contributed by atoms with van der Waals surface area (Å²) >= 11 is 0. The maximum absolute atomic E-state index is 6.35. The zero-order valence-electron chi connectivity index (χ0n) is 15.4. The number of aromatic nitrogens is 4. The lowest BCUT2D eigenvalue weighted by Crippen LogP contribution is -2.40. The van der Waals surface area contributed by atoms with Gasteiger partial charge in [0, 0.05) is 43.9 Å². The lowest BCUT2D eigenvalue weighted by Gasteiger charge is -2.38. The monoisotopic (exact) mass is 353 g/mol. The number of ether oxygens (including phenoxy) is 1. The van der Waals surface area contributed by atoms with E-state index in [0.29, 0.717) is 11.9 Å². The zero-order chi connectivity index (χ0) is 17.5. The van der Waals surface area contributed by atoms with Gasteiger partial charge in [-0.2, -0.15) is 0 Å². The van der Waals surface area contributed by atoms with Gasteiger partial charge in [0.1, 0.15) is 11.9 Å². The van der Waals surface area contributed by atoms with Crippen molar-refractivity contribution in [2.45, 2.75) is 57.2 Å². The molecular weight excluding hydrogens is 326 g/mol. The average molecular weight is 353 g/mol. The molecule has 26 heavy (non-hydrogen) atoms. The Hall–Kier alpha value is -1.95. The molecule has 0 spiro atoms. The highest BCUT2D eigenvalue weighted by atomic mass is 16.5. The average Bonchev–Trinajstić information content (AvgIpc) is 3.19. The van der Waals surface area contributed by atoms with Gasteiger partial charge < -0.3 is 9.30 Å². The van der Waals surface area contributed by atoms with Crippen LogP contribution in [0.4, 0.5) is 0 Å². The molecule has 2 aromatic rings. The molecule has 2 saturated carbocycles. The summed E-state index contributed by atoms with van der Waals surface area (Å²) in [6, 6.07) is 1.16. The zero-order valence-corrected chi connectivity index (χ0v) is 15.4. The molecule has 2 aliphatic carbocycles. The number of rotatable bonds is 4. The molecular formula is C20H27N5O. The van der Waals surface area contributed by atoms with Crippen LogP contribution in [-0.4, -0.2) is 49.7 Å². The fourth-order valence-corrected chi connectivity index (χ4v) is 5.14. The second kappa shape index (κ2) is 6.65. The van der Waals surface area contributed by atoms with Crippen LogP contribution in [0.25, 0.3) is 0 Å². The number of likely N-dealkylation sites (tertiary alicyclic amines) is 1. The van der Waals surface area contributed by atoms with E-state index in [9.17, 15) is 0 Å². The fraction of sp³-hybridized carbons (Fsp3) is 0.650. The second-order valence-electron chi connectivity index (χ2n) is 8.18. The Labute approximate surface area is 154 Å². The predicted molar refractivity (Wildman–Crippen MR) is 97.9 cm³/mol. The predicted octanol–water partition coefficient (Wildman–Crippen LogP) is 2.86. The molecule has 0 bridgehead atoms. The molecule has 0 radical (unpaired) electrons. The van der Waals surface area contributed by atoms with Gasteiger partial charge in [-0.25, -0.2) is 9.97 Å². The van der Waals surface area contributed by atoms with E-state index in [1.807, 2.05) is 6.20 Å². The van der Waals surface area contributed by atoms with Gasteiger partial charge in [-0.05, 0) is 44.4 Å². The van der Waals surface area contributed by atoms with Crippen molar-refractivity contribution >= 4 is 0 Å². The molecule has 0 aromatic carbocycles. The van der Waals surface area contributed by atoms with E-state index in [2.05, 4.69) is 37.5 Å². The van der Waals surface area contributed by atoms with E-state index >= 15 is 0 Å². The van der Waals surface area contributed by atoms with Gasteiger partial charge in [-0.15, -0.1) is 0 Å². The number of nitrogens with zero attached hydrogens (tertiary/aromatic N) is 5. The van der Waals surface area contributed by atoms with E-state index < -0.39 is 0 Å². The van der Waals surface area contributed by atoms with Crippen molar-refractivity contribution in [2.24, 2.45) is 11.8 Å². The maximum atomic E-state index is 6.35. The number of fused-ring (bicyclic) bond motifs is 1. The van der Waals surface area contributed by atoms with Crippen molar-refractivity contribution in [2.75, 3.05) is 13.1 Å². The van der Waals surface area contributed by atoms with Crippen LogP contribution in [0.3, 0.4) is 0 Å². The van der Waals surface area contributed by atoms with Crippen LogP contribution in [0.5, 0.6) is 5.88 Å². The molecule has 5 rings (SSSR count). The molecule has 3 heterocycles. The largest absolute Gasteiger partial charge is 0.471 e. The van der Waals surface area contributed by atoms with Crippen molar-refractivity contribution in [3.05, 3.63) is 36.8 Å². The Balaban J connectivity index is 1.38. The van der Waals surface area contributed by atoms with Crippen molar-refractivity contribution < 1.29 is 4.74 Å². The SMILES string of the molecule is Cc1nccn1[C@H]1C[C@H]2CN(C3CCC3)C[C@H]2C[C@@H]1Oc1cnccn1. The van der Waals surface area contributed by atoms with Crippen molar-refractivity contribution in [1.29, 1.82) is 0 Å². The number of imidazole rings is 1.